The van der Waals surface area contributed by atoms with Gasteiger partial charge in [-0.15, -0.1) is 0 Å². The molecule has 0 radical (unpaired) electrons. The van der Waals surface area contributed by atoms with Crippen molar-refractivity contribution in [3.8, 4) is 0 Å². The van der Waals surface area contributed by atoms with E-state index in [1.807, 2.05) is 24.3 Å². The Morgan fingerprint density at radius 2 is 1.64 bits per heavy atom. The lowest BCUT2D eigenvalue weighted by molar-refractivity contribution is -0.147. The van der Waals surface area contributed by atoms with E-state index in [1.54, 1.807) is 18.7 Å². The van der Waals surface area contributed by atoms with Crippen molar-refractivity contribution in [3.05, 3.63) is 29.8 Å². The van der Waals surface area contributed by atoms with Gasteiger partial charge in [0.1, 0.15) is 0 Å². The van der Waals surface area contributed by atoms with Crippen LogP contribution >= 0.6 is 0 Å². The number of nitrogens with zero attached hydrogens (tertiary/aromatic N) is 2. The third-order valence-corrected chi connectivity index (χ3v) is 3.93. The normalized spacial score (nSPS) is 16.1. The Morgan fingerprint density at radius 1 is 1.14 bits per heavy atom. The van der Waals surface area contributed by atoms with Crippen molar-refractivity contribution in [2.24, 2.45) is 5.41 Å². The summed E-state index contributed by atoms with van der Waals surface area (Å²) < 4.78 is 0. The Bertz CT molecular complexity index is 589. The fourth-order valence-electron chi connectivity index (χ4n) is 2.33. The molecule has 2 amide bonds. The monoisotopic (exact) mass is 304 g/mol. The second-order valence-corrected chi connectivity index (χ2v) is 6.23. The van der Waals surface area contributed by atoms with Gasteiger partial charge in [0.15, 0.2) is 0 Å². The third kappa shape index (κ3) is 3.27. The number of carbonyl (C=O) groups is 3. The number of aliphatic carboxylic acids is 1. The van der Waals surface area contributed by atoms with E-state index in [0.29, 0.717) is 6.42 Å². The molecule has 2 rings (SSSR count). The minimum absolute atomic E-state index is 0.169. The molecule has 0 saturated carbocycles. The van der Waals surface area contributed by atoms with Gasteiger partial charge in [0.05, 0.1) is 18.5 Å². The summed E-state index contributed by atoms with van der Waals surface area (Å²) in [4.78, 5) is 37.4. The molecule has 0 aliphatic carbocycles. The summed E-state index contributed by atoms with van der Waals surface area (Å²) in [6, 6.07) is 7.32. The van der Waals surface area contributed by atoms with E-state index in [9.17, 15) is 14.4 Å². The average molecular weight is 304 g/mol. The van der Waals surface area contributed by atoms with Crippen molar-refractivity contribution in [2.75, 3.05) is 25.0 Å². The number of anilines is 1. The average Bonchev–Trinajstić information content (AvgIpc) is 2.44. The van der Waals surface area contributed by atoms with Crippen molar-refractivity contribution in [1.29, 1.82) is 0 Å². The zero-order valence-electron chi connectivity index (χ0n) is 13.0. The molecule has 22 heavy (non-hydrogen) atoms. The number of imide groups is 1. The molecule has 1 fully saturated rings. The van der Waals surface area contributed by atoms with Crippen LogP contribution in [0.25, 0.3) is 0 Å². The van der Waals surface area contributed by atoms with Gasteiger partial charge in [0, 0.05) is 12.7 Å². The summed E-state index contributed by atoms with van der Waals surface area (Å²) in [5.74, 6) is -1.30. The van der Waals surface area contributed by atoms with Crippen LogP contribution < -0.4 is 4.90 Å². The van der Waals surface area contributed by atoms with E-state index < -0.39 is 11.4 Å². The van der Waals surface area contributed by atoms with Crippen LogP contribution in [-0.4, -0.2) is 47.9 Å². The number of amides is 2. The Hall–Kier alpha value is -2.37. The number of hydrogen-bond donors (Lipinski definition) is 1. The first-order valence-electron chi connectivity index (χ1n) is 7.07. The Kier molecular flexibility index (Phi) is 4.21. The minimum Gasteiger partial charge on any atom is -0.481 e. The lowest BCUT2D eigenvalue weighted by Crippen LogP contribution is -2.52. The third-order valence-electron chi connectivity index (χ3n) is 3.93. The van der Waals surface area contributed by atoms with Crippen molar-refractivity contribution in [2.45, 2.75) is 20.3 Å². The molecule has 0 aromatic heterocycles. The molecule has 1 heterocycles. The maximum Gasteiger partial charge on any atom is 0.309 e. The summed E-state index contributed by atoms with van der Waals surface area (Å²) in [6.45, 7) is 3.70. The van der Waals surface area contributed by atoms with E-state index in [1.165, 1.54) is 7.05 Å². The predicted octanol–water partition coefficient (Wildman–Crippen LogP) is 1.14. The quantitative estimate of drug-likeness (QED) is 0.844. The molecule has 1 aliphatic rings. The van der Waals surface area contributed by atoms with Gasteiger partial charge in [0.2, 0.25) is 11.8 Å². The molecule has 6 heteroatoms. The molecule has 1 saturated heterocycles. The number of carbonyl (C=O) groups excluding carboxylic acids is 2. The highest BCUT2D eigenvalue weighted by molar-refractivity contribution is 6.02. The van der Waals surface area contributed by atoms with Crippen molar-refractivity contribution in [1.82, 2.24) is 4.90 Å². The van der Waals surface area contributed by atoms with E-state index in [4.69, 9.17) is 5.11 Å². The lowest BCUT2D eigenvalue weighted by atomic mass is 9.86. The van der Waals surface area contributed by atoms with Crippen molar-refractivity contribution in [3.63, 3.8) is 0 Å². The number of benzene rings is 1. The molecule has 0 bridgehead atoms. The van der Waals surface area contributed by atoms with Crippen LogP contribution in [0.15, 0.2) is 24.3 Å². The molecule has 1 aromatic rings. The Balaban J connectivity index is 2.11. The standard InChI is InChI=1S/C16H20N2O4/c1-16(2,15(21)22)8-11-4-6-12(7-5-11)18-9-13(19)17(3)14(20)10-18/h4-7H,8-10H2,1-3H3,(H,21,22). The van der Waals surface area contributed by atoms with Gasteiger partial charge in [-0.3, -0.25) is 19.3 Å². The number of piperazine rings is 1. The lowest BCUT2D eigenvalue weighted by Gasteiger charge is -2.32. The zero-order valence-corrected chi connectivity index (χ0v) is 13.0. The van der Waals surface area contributed by atoms with E-state index in [-0.39, 0.29) is 24.9 Å². The number of likely N-dealkylation sites (N-methyl/N-ethyl adjacent to an activating group) is 1. The summed E-state index contributed by atoms with van der Waals surface area (Å²) >= 11 is 0. The summed E-state index contributed by atoms with van der Waals surface area (Å²) in [5.41, 5.74) is 0.857. The first kappa shape index (κ1) is 16.0. The number of carboxylic acid groups (broad SMARTS) is 1. The maximum atomic E-state index is 11.7. The van der Waals surface area contributed by atoms with Gasteiger partial charge in [-0.1, -0.05) is 12.1 Å². The van der Waals surface area contributed by atoms with Crippen LogP contribution in [0.5, 0.6) is 0 Å². The maximum absolute atomic E-state index is 11.7. The van der Waals surface area contributed by atoms with Crippen molar-refractivity contribution >= 4 is 23.5 Å². The summed E-state index contributed by atoms with van der Waals surface area (Å²) in [5, 5.41) is 9.16. The second kappa shape index (κ2) is 5.79. The molecule has 0 atom stereocenters. The molecule has 0 spiro atoms. The SMILES string of the molecule is CN1C(=O)CN(c2ccc(CC(C)(C)C(=O)O)cc2)CC1=O. The molecular formula is C16H20N2O4. The first-order valence-corrected chi connectivity index (χ1v) is 7.07. The molecule has 1 aromatic carbocycles. The highest BCUT2D eigenvalue weighted by Gasteiger charge is 2.29. The van der Waals surface area contributed by atoms with Crippen LogP contribution in [-0.2, 0) is 20.8 Å². The number of rotatable bonds is 4. The highest BCUT2D eigenvalue weighted by atomic mass is 16.4. The smallest absolute Gasteiger partial charge is 0.309 e. The fourth-order valence-corrected chi connectivity index (χ4v) is 2.33. The summed E-state index contributed by atoms with van der Waals surface area (Å²) in [7, 11) is 1.49. The van der Waals surface area contributed by atoms with Gasteiger partial charge < -0.3 is 10.0 Å². The van der Waals surface area contributed by atoms with Gasteiger partial charge in [-0.25, -0.2) is 0 Å². The second-order valence-electron chi connectivity index (χ2n) is 6.23. The Labute approximate surface area is 129 Å². The molecule has 6 nitrogen and oxygen atoms in total. The first-order chi connectivity index (χ1) is 10.2. The van der Waals surface area contributed by atoms with Crippen LogP contribution in [0.4, 0.5) is 5.69 Å². The summed E-state index contributed by atoms with van der Waals surface area (Å²) in [6.07, 6.45) is 0.420. The van der Waals surface area contributed by atoms with Gasteiger partial charge >= 0.3 is 5.97 Å². The Morgan fingerprint density at radius 3 is 2.09 bits per heavy atom. The van der Waals surface area contributed by atoms with E-state index >= 15 is 0 Å². The zero-order chi connectivity index (χ0) is 16.5. The van der Waals surface area contributed by atoms with Gasteiger partial charge in [-0.2, -0.15) is 0 Å². The molecular weight excluding hydrogens is 284 g/mol. The molecule has 1 aliphatic heterocycles. The van der Waals surface area contributed by atoms with Crippen molar-refractivity contribution < 1.29 is 19.5 Å². The van der Waals surface area contributed by atoms with Crippen LogP contribution in [0, 0.1) is 5.41 Å². The largest absolute Gasteiger partial charge is 0.481 e. The van der Waals surface area contributed by atoms with Crippen LogP contribution in [0.1, 0.15) is 19.4 Å². The molecule has 118 valence electrons. The van der Waals surface area contributed by atoms with Crippen LogP contribution in [0.2, 0.25) is 0 Å². The minimum atomic E-state index is -0.841. The number of hydrogen-bond acceptors (Lipinski definition) is 4. The highest BCUT2D eigenvalue weighted by Crippen LogP contribution is 2.24. The molecule has 0 unspecified atom stereocenters. The van der Waals surface area contributed by atoms with E-state index in [0.717, 1.165) is 16.2 Å². The van der Waals surface area contributed by atoms with E-state index in [2.05, 4.69) is 0 Å². The van der Waals surface area contributed by atoms with Gasteiger partial charge in [0.25, 0.3) is 0 Å². The molecule has 1 N–H and O–H groups in total. The van der Waals surface area contributed by atoms with Gasteiger partial charge in [-0.05, 0) is 38.0 Å². The topological polar surface area (TPSA) is 77.9 Å². The fraction of sp³-hybridized carbons (Fsp3) is 0.438. The predicted molar refractivity (Wildman–Crippen MR) is 81.6 cm³/mol. The van der Waals surface area contributed by atoms with Crippen LogP contribution in [0.3, 0.4) is 0 Å². The number of carboxylic acids is 1.